The number of carbonyl (C=O) groups excluding carboxylic acids is 2. The summed E-state index contributed by atoms with van der Waals surface area (Å²) < 4.78 is 10.3. The van der Waals surface area contributed by atoms with E-state index >= 15 is 0 Å². The smallest absolute Gasteiger partial charge is 0.338 e. The maximum Gasteiger partial charge on any atom is 0.338 e. The second-order valence-corrected chi connectivity index (χ2v) is 5.20. The zero-order chi connectivity index (χ0) is 17.8. The monoisotopic (exact) mass is 334 g/mol. The quantitative estimate of drug-likeness (QED) is 0.404. The molecule has 6 heteroatoms. The Bertz CT molecular complexity index is 553. The van der Waals surface area contributed by atoms with E-state index in [0.29, 0.717) is 17.9 Å². The summed E-state index contributed by atoms with van der Waals surface area (Å²) in [5, 5.41) is 4.13. The number of carbonyl (C=O) groups is 2. The summed E-state index contributed by atoms with van der Waals surface area (Å²) in [5.74, 6) is -0.189. The van der Waals surface area contributed by atoms with Crippen LogP contribution in [0.2, 0.25) is 0 Å². The maximum atomic E-state index is 11.8. The molecule has 0 heterocycles. The third kappa shape index (κ3) is 7.26. The van der Waals surface area contributed by atoms with E-state index in [-0.39, 0.29) is 18.5 Å². The fourth-order valence-electron chi connectivity index (χ4n) is 1.92. The molecule has 0 aliphatic carbocycles. The minimum absolute atomic E-state index is 0.132. The van der Waals surface area contributed by atoms with Crippen LogP contribution >= 0.6 is 0 Å². The van der Waals surface area contributed by atoms with Gasteiger partial charge in [-0.3, -0.25) is 4.79 Å². The number of ether oxygens (including phenoxy) is 2. The first kappa shape index (κ1) is 19.7. The van der Waals surface area contributed by atoms with Gasteiger partial charge in [0.15, 0.2) is 6.61 Å². The Morgan fingerprint density at radius 3 is 2.42 bits per heavy atom. The van der Waals surface area contributed by atoms with Gasteiger partial charge in [-0.25, -0.2) is 10.2 Å². The van der Waals surface area contributed by atoms with Crippen molar-refractivity contribution < 1.29 is 19.1 Å². The van der Waals surface area contributed by atoms with Crippen molar-refractivity contribution in [1.82, 2.24) is 5.43 Å². The molecule has 0 aliphatic rings. The zero-order valence-electron chi connectivity index (χ0n) is 14.6. The van der Waals surface area contributed by atoms with Gasteiger partial charge in [-0.2, -0.15) is 5.10 Å². The molecule has 24 heavy (non-hydrogen) atoms. The molecule has 132 valence electrons. The third-order valence-corrected chi connectivity index (χ3v) is 3.30. The Balaban J connectivity index is 2.43. The van der Waals surface area contributed by atoms with Crippen LogP contribution in [-0.4, -0.2) is 30.8 Å². The Morgan fingerprint density at radius 2 is 1.83 bits per heavy atom. The van der Waals surface area contributed by atoms with Gasteiger partial charge in [0, 0.05) is 5.71 Å². The molecule has 0 saturated heterocycles. The molecule has 1 aromatic rings. The van der Waals surface area contributed by atoms with E-state index in [1.807, 2.05) is 6.92 Å². The molecule has 0 unspecified atom stereocenters. The average Bonchev–Trinajstić information content (AvgIpc) is 2.60. The maximum absolute atomic E-state index is 11.8. The number of hydrogen-bond donors (Lipinski definition) is 1. The number of unbranched alkanes of at least 4 members (excludes halogenated alkanes) is 1. The molecule has 0 fully saturated rings. The van der Waals surface area contributed by atoms with E-state index in [2.05, 4.69) is 17.5 Å². The van der Waals surface area contributed by atoms with Crippen LogP contribution in [-0.2, 0) is 9.53 Å². The minimum atomic E-state index is -0.379. The topological polar surface area (TPSA) is 77.0 Å². The van der Waals surface area contributed by atoms with Crippen molar-refractivity contribution in [2.75, 3.05) is 13.2 Å². The van der Waals surface area contributed by atoms with Gasteiger partial charge in [0.2, 0.25) is 0 Å². The summed E-state index contributed by atoms with van der Waals surface area (Å²) in [6, 6.07) is 6.45. The first-order chi connectivity index (χ1) is 11.6. The predicted octanol–water partition coefficient (Wildman–Crippen LogP) is 3.31. The van der Waals surface area contributed by atoms with Crippen LogP contribution < -0.4 is 10.2 Å². The highest BCUT2D eigenvalue weighted by atomic mass is 16.5. The van der Waals surface area contributed by atoms with Crippen molar-refractivity contribution in [1.29, 1.82) is 0 Å². The zero-order valence-corrected chi connectivity index (χ0v) is 14.6. The number of amides is 1. The van der Waals surface area contributed by atoms with E-state index in [9.17, 15) is 9.59 Å². The number of hydrazone groups is 1. The fourth-order valence-corrected chi connectivity index (χ4v) is 1.92. The highest BCUT2D eigenvalue weighted by molar-refractivity contribution is 5.89. The second-order valence-electron chi connectivity index (χ2n) is 5.20. The summed E-state index contributed by atoms with van der Waals surface area (Å²) >= 11 is 0. The first-order valence-electron chi connectivity index (χ1n) is 8.34. The summed E-state index contributed by atoms with van der Waals surface area (Å²) in [4.78, 5) is 23.3. The van der Waals surface area contributed by atoms with Crippen molar-refractivity contribution >= 4 is 17.6 Å². The van der Waals surface area contributed by atoms with E-state index in [1.54, 1.807) is 31.2 Å². The third-order valence-electron chi connectivity index (χ3n) is 3.30. The van der Waals surface area contributed by atoms with Crippen molar-refractivity contribution in [3.63, 3.8) is 0 Å². The lowest BCUT2D eigenvalue weighted by Gasteiger charge is -2.07. The van der Waals surface area contributed by atoms with E-state index in [4.69, 9.17) is 9.47 Å². The largest absolute Gasteiger partial charge is 0.484 e. The van der Waals surface area contributed by atoms with Gasteiger partial charge in [0.05, 0.1) is 12.2 Å². The minimum Gasteiger partial charge on any atom is -0.484 e. The van der Waals surface area contributed by atoms with Crippen molar-refractivity contribution in [3.05, 3.63) is 29.8 Å². The molecular weight excluding hydrogens is 308 g/mol. The van der Waals surface area contributed by atoms with Crippen LogP contribution in [0.15, 0.2) is 29.4 Å². The summed E-state index contributed by atoms with van der Waals surface area (Å²) in [5.41, 5.74) is 3.93. The number of benzene rings is 1. The molecule has 1 N–H and O–H groups in total. The van der Waals surface area contributed by atoms with Crippen LogP contribution in [0.1, 0.15) is 56.8 Å². The lowest BCUT2D eigenvalue weighted by molar-refractivity contribution is -0.123. The molecule has 0 spiro atoms. The molecule has 1 aromatic carbocycles. The summed E-state index contributed by atoms with van der Waals surface area (Å²) in [6.45, 7) is 6.08. The fraction of sp³-hybridized carbons (Fsp3) is 0.500. The van der Waals surface area contributed by atoms with Crippen LogP contribution in [0.25, 0.3) is 0 Å². The van der Waals surface area contributed by atoms with Gasteiger partial charge < -0.3 is 9.47 Å². The van der Waals surface area contributed by atoms with Gasteiger partial charge in [-0.1, -0.05) is 20.3 Å². The van der Waals surface area contributed by atoms with E-state index < -0.39 is 0 Å². The predicted molar refractivity (Wildman–Crippen MR) is 93.3 cm³/mol. The lowest BCUT2D eigenvalue weighted by atomic mass is 10.1. The molecule has 0 aromatic heterocycles. The second kappa shape index (κ2) is 11.2. The molecular formula is C18H26N2O4. The number of nitrogens with one attached hydrogen (secondary N) is 1. The van der Waals surface area contributed by atoms with Crippen LogP contribution in [0.4, 0.5) is 0 Å². The van der Waals surface area contributed by atoms with Gasteiger partial charge in [-0.15, -0.1) is 0 Å². The van der Waals surface area contributed by atoms with Crippen molar-refractivity contribution in [3.8, 4) is 5.75 Å². The molecule has 0 bridgehead atoms. The molecule has 1 amide bonds. The van der Waals surface area contributed by atoms with Gasteiger partial charge in [0.25, 0.3) is 5.91 Å². The molecule has 0 saturated carbocycles. The van der Waals surface area contributed by atoms with E-state index in [0.717, 1.165) is 31.4 Å². The van der Waals surface area contributed by atoms with Crippen LogP contribution in [0.3, 0.4) is 0 Å². The first-order valence-corrected chi connectivity index (χ1v) is 8.34. The Hall–Kier alpha value is -2.37. The van der Waals surface area contributed by atoms with Crippen LogP contribution in [0, 0.1) is 0 Å². The highest BCUT2D eigenvalue weighted by Crippen LogP contribution is 2.12. The highest BCUT2D eigenvalue weighted by Gasteiger charge is 2.07. The molecule has 0 aliphatic heterocycles. The lowest BCUT2D eigenvalue weighted by Crippen LogP contribution is -2.25. The Labute approximate surface area is 143 Å². The SMILES string of the molecule is CCCC/C(CC)=N/NC(=O)COc1ccc(C(=O)OCC)cc1. The van der Waals surface area contributed by atoms with Gasteiger partial charge in [0.1, 0.15) is 5.75 Å². The van der Waals surface area contributed by atoms with E-state index in [1.165, 1.54) is 0 Å². The summed E-state index contributed by atoms with van der Waals surface area (Å²) in [6.07, 6.45) is 3.86. The molecule has 1 rings (SSSR count). The average molecular weight is 334 g/mol. The standard InChI is InChI=1S/C18H26N2O4/c1-4-7-8-15(5-2)19-20-17(21)13-24-16-11-9-14(10-12-16)18(22)23-6-3/h9-12H,4-8,13H2,1-3H3,(H,20,21)/b19-15+. The number of nitrogens with zero attached hydrogens (tertiary/aromatic N) is 1. The van der Waals surface area contributed by atoms with Crippen LogP contribution in [0.5, 0.6) is 5.75 Å². The summed E-state index contributed by atoms with van der Waals surface area (Å²) in [7, 11) is 0. The number of rotatable bonds is 10. The van der Waals surface area contributed by atoms with Gasteiger partial charge in [-0.05, 0) is 50.5 Å². The van der Waals surface area contributed by atoms with Gasteiger partial charge >= 0.3 is 5.97 Å². The number of esters is 1. The van der Waals surface area contributed by atoms with Crippen molar-refractivity contribution in [2.45, 2.75) is 46.5 Å². The van der Waals surface area contributed by atoms with Crippen molar-refractivity contribution in [2.24, 2.45) is 5.10 Å². The number of hydrogen-bond acceptors (Lipinski definition) is 5. The Morgan fingerprint density at radius 1 is 1.12 bits per heavy atom. The normalized spacial score (nSPS) is 11.0. The Kier molecular flexibility index (Phi) is 9.19. The molecule has 0 atom stereocenters. The molecule has 6 nitrogen and oxygen atoms in total. The molecule has 0 radical (unpaired) electrons.